The van der Waals surface area contributed by atoms with E-state index >= 15 is 0 Å². The Bertz CT molecular complexity index is 643. The van der Waals surface area contributed by atoms with Crippen LogP contribution in [-0.2, 0) is 12.8 Å². The van der Waals surface area contributed by atoms with Gasteiger partial charge in [-0.2, -0.15) is 0 Å². The molecule has 0 bridgehead atoms. The van der Waals surface area contributed by atoms with E-state index in [1.165, 1.54) is 29.7 Å². The molecular weight excluding hydrogens is 290 g/mol. The molecule has 1 N–H and O–H groups in total. The second kappa shape index (κ2) is 5.15. The molecule has 2 aromatic heterocycles. The summed E-state index contributed by atoms with van der Waals surface area (Å²) in [5.41, 5.74) is 1.33. The molecule has 0 saturated heterocycles. The van der Waals surface area contributed by atoms with Crippen molar-refractivity contribution in [3.8, 4) is 0 Å². The summed E-state index contributed by atoms with van der Waals surface area (Å²) in [5, 5.41) is 5.00. The van der Waals surface area contributed by atoms with Crippen LogP contribution in [0.5, 0.6) is 0 Å². The highest BCUT2D eigenvalue weighted by Crippen LogP contribution is 2.38. The third-order valence-corrected chi connectivity index (χ3v) is 4.97. The lowest BCUT2D eigenvalue weighted by atomic mass is 10.1. The summed E-state index contributed by atoms with van der Waals surface area (Å²) in [7, 11) is 0. The molecule has 3 rings (SSSR count). The highest BCUT2D eigenvalue weighted by molar-refractivity contribution is 7.19. The van der Waals surface area contributed by atoms with Gasteiger partial charge in [-0.15, -0.1) is 11.3 Å². The van der Waals surface area contributed by atoms with Gasteiger partial charge in [0.15, 0.2) is 0 Å². The molecule has 0 amide bonds. The monoisotopic (exact) mass is 309 g/mol. The van der Waals surface area contributed by atoms with Crippen LogP contribution in [0.15, 0.2) is 0 Å². The van der Waals surface area contributed by atoms with E-state index in [1.54, 1.807) is 11.3 Å². The van der Waals surface area contributed by atoms with E-state index < -0.39 is 0 Å². The summed E-state index contributed by atoms with van der Waals surface area (Å²) in [6.07, 6.45) is 6.11. The SMILES string of the molecule is CC(C)(C)Nc1nc(Cl)c2c3c(sc2n1)CCCCC3. The molecule has 0 atom stereocenters. The van der Waals surface area contributed by atoms with Crippen LogP contribution in [0.25, 0.3) is 10.2 Å². The first-order chi connectivity index (χ1) is 9.44. The first-order valence-corrected chi connectivity index (χ1v) is 8.39. The number of thiophene rings is 1. The standard InChI is InChI=1S/C15H20ClN3S/c1-15(2,3)19-14-17-12(16)11-9-7-5-4-6-8-10(9)20-13(11)18-14/h4-8H2,1-3H3,(H,17,18,19). The number of anilines is 1. The number of halogens is 1. The summed E-state index contributed by atoms with van der Waals surface area (Å²) in [5.74, 6) is 0.631. The molecule has 0 saturated carbocycles. The number of nitrogens with one attached hydrogen (secondary N) is 1. The molecule has 2 heterocycles. The van der Waals surface area contributed by atoms with Crippen molar-refractivity contribution >= 4 is 39.1 Å². The summed E-state index contributed by atoms with van der Waals surface area (Å²) >= 11 is 8.23. The predicted octanol–water partition coefficient (Wildman–Crippen LogP) is 4.82. The fraction of sp³-hybridized carbons (Fsp3) is 0.600. The molecule has 0 spiro atoms. The van der Waals surface area contributed by atoms with Gasteiger partial charge in [-0.3, -0.25) is 0 Å². The van der Waals surface area contributed by atoms with Gasteiger partial charge in [0.25, 0.3) is 0 Å². The number of hydrogen-bond donors (Lipinski definition) is 1. The highest BCUT2D eigenvalue weighted by Gasteiger charge is 2.20. The quantitative estimate of drug-likeness (QED) is 0.606. The number of aromatic nitrogens is 2. The van der Waals surface area contributed by atoms with Crippen molar-refractivity contribution in [2.24, 2.45) is 0 Å². The van der Waals surface area contributed by atoms with Gasteiger partial charge < -0.3 is 5.32 Å². The van der Waals surface area contributed by atoms with Gasteiger partial charge in [0.1, 0.15) is 9.98 Å². The molecule has 2 aromatic rings. The Morgan fingerprint density at radius 3 is 2.60 bits per heavy atom. The highest BCUT2D eigenvalue weighted by atomic mass is 35.5. The van der Waals surface area contributed by atoms with Crippen molar-refractivity contribution in [3.05, 3.63) is 15.6 Å². The van der Waals surface area contributed by atoms with Crippen LogP contribution in [-0.4, -0.2) is 15.5 Å². The van der Waals surface area contributed by atoms with Crippen molar-refractivity contribution in [1.29, 1.82) is 0 Å². The minimum atomic E-state index is -0.0641. The van der Waals surface area contributed by atoms with Gasteiger partial charge in [-0.05, 0) is 52.0 Å². The summed E-state index contributed by atoms with van der Waals surface area (Å²) in [4.78, 5) is 11.6. The molecule has 20 heavy (non-hydrogen) atoms. The van der Waals surface area contributed by atoms with Crippen LogP contribution in [0.2, 0.25) is 5.15 Å². The maximum absolute atomic E-state index is 6.44. The van der Waals surface area contributed by atoms with Gasteiger partial charge in [-0.25, -0.2) is 9.97 Å². The lowest BCUT2D eigenvalue weighted by Gasteiger charge is -2.20. The second-order valence-corrected chi connectivity index (χ2v) is 7.90. The summed E-state index contributed by atoms with van der Waals surface area (Å²) < 4.78 is 0. The van der Waals surface area contributed by atoms with E-state index in [0.717, 1.165) is 23.1 Å². The Morgan fingerprint density at radius 2 is 1.85 bits per heavy atom. The molecule has 3 nitrogen and oxygen atoms in total. The van der Waals surface area contributed by atoms with Crippen molar-refractivity contribution < 1.29 is 0 Å². The van der Waals surface area contributed by atoms with Gasteiger partial charge in [-0.1, -0.05) is 18.0 Å². The molecule has 5 heteroatoms. The number of nitrogens with zero attached hydrogens (tertiary/aromatic N) is 2. The van der Waals surface area contributed by atoms with Crippen molar-refractivity contribution in [1.82, 2.24) is 9.97 Å². The Morgan fingerprint density at radius 1 is 1.10 bits per heavy atom. The fourth-order valence-corrected chi connectivity index (χ4v) is 4.28. The molecule has 0 aromatic carbocycles. The number of rotatable bonds is 1. The lowest BCUT2D eigenvalue weighted by Crippen LogP contribution is -2.27. The zero-order valence-corrected chi connectivity index (χ0v) is 13.8. The number of aryl methyl sites for hydroxylation is 2. The molecule has 108 valence electrons. The first kappa shape index (κ1) is 14.1. The molecule has 0 radical (unpaired) electrons. The third kappa shape index (κ3) is 2.77. The van der Waals surface area contributed by atoms with Crippen LogP contribution in [0.3, 0.4) is 0 Å². The van der Waals surface area contributed by atoms with Crippen molar-refractivity contribution in [3.63, 3.8) is 0 Å². The Labute approximate surface area is 128 Å². The Hall–Kier alpha value is -0.870. The molecule has 0 fully saturated rings. The first-order valence-electron chi connectivity index (χ1n) is 7.20. The molecule has 0 unspecified atom stereocenters. The topological polar surface area (TPSA) is 37.8 Å². The minimum Gasteiger partial charge on any atom is -0.350 e. The van der Waals surface area contributed by atoms with E-state index in [4.69, 9.17) is 11.6 Å². The van der Waals surface area contributed by atoms with E-state index in [0.29, 0.717) is 11.1 Å². The Kier molecular flexibility index (Phi) is 3.63. The van der Waals surface area contributed by atoms with Gasteiger partial charge in [0.05, 0.1) is 5.39 Å². The molecule has 1 aliphatic rings. The third-order valence-electron chi connectivity index (χ3n) is 3.51. The molecule has 0 aliphatic heterocycles. The fourth-order valence-electron chi connectivity index (χ4n) is 2.68. The van der Waals surface area contributed by atoms with Gasteiger partial charge in [0.2, 0.25) is 5.95 Å². The summed E-state index contributed by atoms with van der Waals surface area (Å²) in [6.45, 7) is 6.29. The lowest BCUT2D eigenvalue weighted by molar-refractivity contribution is 0.627. The molecule has 1 aliphatic carbocycles. The maximum Gasteiger partial charge on any atom is 0.225 e. The average molecular weight is 310 g/mol. The van der Waals surface area contributed by atoms with Crippen LogP contribution in [0.1, 0.15) is 50.5 Å². The summed E-state index contributed by atoms with van der Waals surface area (Å²) in [6, 6.07) is 0. The van der Waals surface area contributed by atoms with Crippen LogP contribution < -0.4 is 5.32 Å². The van der Waals surface area contributed by atoms with E-state index in [1.807, 2.05) is 0 Å². The normalized spacial score (nSPS) is 16.0. The Balaban J connectivity index is 2.09. The maximum atomic E-state index is 6.44. The van der Waals surface area contributed by atoms with E-state index in [9.17, 15) is 0 Å². The largest absolute Gasteiger partial charge is 0.350 e. The second-order valence-electron chi connectivity index (χ2n) is 6.46. The predicted molar refractivity (Wildman–Crippen MR) is 87.1 cm³/mol. The zero-order valence-electron chi connectivity index (χ0n) is 12.2. The van der Waals surface area contributed by atoms with Crippen LogP contribution in [0.4, 0.5) is 5.95 Å². The van der Waals surface area contributed by atoms with Crippen molar-refractivity contribution in [2.75, 3.05) is 5.32 Å². The number of fused-ring (bicyclic) bond motifs is 3. The van der Waals surface area contributed by atoms with Crippen LogP contribution in [0, 0.1) is 0 Å². The van der Waals surface area contributed by atoms with E-state index in [2.05, 4.69) is 36.1 Å². The number of hydrogen-bond acceptors (Lipinski definition) is 4. The van der Waals surface area contributed by atoms with Crippen molar-refractivity contribution in [2.45, 2.75) is 58.4 Å². The smallest absolute Gasteiger partial charge is 0.225 e. The molecular formula is C15H20ClN3S. The van der Waals surface area contributed by atoms with Gasteiger partial charge in [0, 0.05) is 10.4 Å². The average Bonchev–Trinajstić information content (AvgIpc) is 2.51. The minimum absolute atomic E-state index is 0.0641. The zero-order chi connectivity index (χ0) is 14.3. The van der Waals surface area contributed by atoms with Crippen LogP contribution >= 0.6 is 22.9 Å². The van der Waals surface area contributed by atoms with E-state index in [-0.39, 0.29) is 5.54 Å². The van der Waals surface area contributed by atoms with Gasteiger partial charge >= 0.3 is 0 Å².